The summed E-state index contributed by atoms with van der Waals surface area (Å²) in [5.41, 5.74) is 5.73. The Kier molecular flexibility index (Phi) is 6.25. The van der Waals surface area contributed by atoms with Gasteiger partial charge in [-0.15, -0.1) is 0 Å². The van der Waals surface area contributed by atoms with Crippen molar-refractivity contribution in [3.63, 3.8) is 0 Å². The van der Waals surface area contributed by atoms with E-state index in [0.29, 0.717) is 37.6 Å². The van der Waals surface area contributed by atoms with Crippen LogP contribution in [0.2, 0.25) is 0 Å². The highest BCUT2D eigenvalue weighted by Gasteiger charge is 2.25. The second-order valence-electron chi connectivity index (χ2n) is 9.49. The first-order chi connectivity index (χ1) is 18.7. The number of rotatable bonds is 6. The molecular formula is C28H29N9O. The van der Waals surface area contributed by atoms with Gasteiger partial charge in [-0.25, -0.2) is 9.97 Å². The molecule has 0 aliphatic carbocycles. The molecule has 38 heavy (non-hydrogen) atoms. The Labute approximate surface area is 221 Å². The topological polar surface area (TPSA) is 106 Å². The number of aromatic nitrogens is 4. The van der Waals surface area contributed by atoms with E-state index in [1.54, 1.807) is 30.7 Å². The van der Waals surface area contributed by atoms with Crippen molar-refractivity contribution < 1.29 is 4.79 Å². The predicted octanol–water partition coefficient (Wildman–Crippen LogP) is 2.81. The molecule has 1 fully saturated rings. The number of nitriles is 1. The van der Waals surface area contributed by atoms with Crippen LogP contribution in [0.1, 0.15) is 18.1 Å². The molecular weight excluding hydrogens is 478 g/mol. The van der Waals surface area contributed by atoms with Gasteiger partial charge in [-0.05, 0) is 43.2 Å². The summed E-state index contributed by atoms with van der Waals surface area (Å²) in [5.74, 6) is 1.49. The summed E-state index contributed by atoms with van der Waals surface area (Å²) < 4.78 is 1.95. The van der Waals surface area contributed by atoms with Gasteiger partial charge >= 0.3 is 0 Å². The highest BCUT2D eigenvalue weighted by molar-refractivity contribution is 5.84. The van der Waals surface area contributed by atoms with E-state index < -0.39 is 0 Å². The van der Waals surface area contributed by atoms with Gasteiger partial charge in [-0.1, -0.05) is 6.07 Å². The van der Waals surface area contributed by atoms with Crippen molar-refractivity contribution >= 4 is 28.9 Å². The molecule has 6 rings (SSSR count). The molecule has 1 aromatic carbocycles. The van der Waals surface area contributed by atoms with Crippen LogP contribution in [0.5, 0.6) is 0 Å². The van der Waals surface area contributed by atoms with Crippen LogP contribution >= 0.6 is 0 Å². The number of nitrogens with zero attached hydrogens (tertiary/aromatic N) is 8. The molecule has 10 nitrogen and oxygen atoms in total. The van der Waals surface area contributed by atoms with E-state index >= 15 is 0 Å². The number of likely N-dealkylation sites (N-methyl/N-ethyl adjacent to an activating group) is 1. The third-order valence-corrected chi connectivity index (χ3v) is 7.40. The van der Waals surface area contributed by atoms with Crippen LogP contribution in [0, 0.1) is 11.3 Å². The van der Waals surface area contributed by atoms with E-state index in [9.17, 15) is 10.1 Å². The molecule has 0 saturated carbocycles. The zero-order valence-corrected chi connectivity index (χ0v) is 21.3. The summed E-state index contributed by atoms with van der Waals surface area (Å²) in [6, 6.07) is 12.3. The van der Waals surface area contributed by atoms with Crippen LogP contribution in [0.25, 0.3) is 16.9 Å². The lowest BCUT2D eigenvalue weighted by molar-refractivity contribution is -0.129. The summed E-state index contributed by atoms with van der Waals surface area (Å²) in [6.07, 6.45) is 8.03. The Bertz CT molecular complexity index is 1530. The third kappa shape index (κ3) is 4.26. The zero-order valence-electron chi connectivity index (χ0n) is 21.3. The first-order valence-electron chi connectivity index (χ1n) is 13.0. The number of amides is 1. The number of pyridine rings is 1. The SMILES string of the molecule is CCN1CCc2cc(-c3nc4cnccn4c3NCC(=O)N3CCN(c4ncccc4C#N)CC3)ccc21. The summed E-state index contributed by atoms with van der Waals surface area (Å²) in [4.78, 5) is 33.0. The predicted molar refractivity (Wildman–Crippen MR) is 146 cm³/mol. The average Bonchev–Trinajstić information content (AvgIpc) is 3.56. The summed E-state index contributed by atoms with van der Waals surface area (Å²) >= 11 is 0. The smallest absolute Gasteiger partial charge is 0.242 e. The molecule has 5 heterocycles. The fourth-order valence-electron chi connectivity index (χ4n) is 5.40. The van der Waals surface area contributed by atoms with Gasteiger partial charge in [0.25, 0.3) is 0 Å². The standard InChI is InChI=1S/C28H29N9O/c1-2-34-10-7-20-16-21(5-6-23(20)34)26-28(37-11-9-30-18-24(37)33-26)32-19-25(38)35-12-14-36(15-13-35)27-22(17-29)4-3-8-31-27/h3-6,8-9,11,16,18,32H,2,7,10,12-15,19H2,1H3. The van der Waals surface area contributed by atoms with Gasteiger partial charge < -0.3 is 20.0 Å². The number of carbonyl (C=O) groups is 1. The first kappa shape index (κ1) is 23.7. The Balaban J connectivity index is 1.18. The Hall–Kier alpha value is -4.65. The largest absolute Gasteiger partial charge is 0.371 e. The van der Waals surface area contributed by atoms with Crippen molar-refractivity contribution in [3.8, 4) is 17.3 Å². The van der Waals surface area contributed by atoms with E-state index in [0.717, 1.165) is 42.2 Å². The lowest BCUT2D eigenvalue weighted by atomic mass is 10.1. The Morgan fingerprint density at radius 3 is 2.82 bits per heavy atom. The Morgan fingerprint density at radius 2 is 2.00 bits per heavy atom. The maximum atomic E-state index is 13.2. The Morgan fingerprint density at radius 1 is 1.13 bits per heavy atom. The van der Waals surface area contributed by atoms with Crippen molar-refractivity contribution in [2.45, 2.75) is 13.3 Å². The van der Waals surface area contributed by atoms with Crippen molar-refractivity contribution in [2.75, 3.05) is 60.9 Å². The fraction of sp³-hybridized carbons (Fsp3) is 0.321. The number of anilines is 3. The quantitative estimate of drug-likeness (QED) is 0.425. The molecule has 0 atom stereocenters. The molecule has 2 aliphatic rings. The van der Waals surface area contributed by atoms with Crippen LogP contribution in [0.4, 0.5) is 17.3 Å². The summed E-state index contributed by atoms with van der Waals surface area (Å²) in [5, 5.41) is 12.8. The number of nitrogens with one attached hydrogen (secondary N) is 1. The van der Waals surface area contributed by atoms with Gasteiger partial charge in [0.05, 0.1) is 18.3 Å². The second kappa shape index (κ2) is 10.0. The van der Waals surface area contributed by atoms with Crippen molar-refractivity contribution in [1.29, 1.82) is 5.26 Å². The van der Waals surface area contributed by atoms with Gasteiger partial charge in [0.15, 0.2) is 5.65 Å². The van der Waals surface area contributed by atoms with Crippen LogP contribution in [0.3, 0.4) is 0 Å². The van der Waals surface area contributed by atoms with Crippen molar-refractivity contribution in [3.05, 3.63) is 66.2 Å². The molecule has 192 valence electrons. The van der Waals surface area contributed by atoms with E-state index in [1.165, 1.54) is 11.3 Å². The highest BCUT2D eigenvalue weighted by Crippen LogP contribution is 2.35. The molecule has 0 unspecified atom stereocenters. The zero-order chi connectivity index (χ0) is 26.1. The van der Waals surface area contributed by atoms with Gasteiger partial charge in [-0.2, -0.15) is 5.26 Å². The van der Waals surface area contributed by atoms with Gasteiger partial charge in [0.1, 0.15) is 23.4 Å². The molecule has 1 N–H and O–H groups in total. The average molecular weight is 508 g/mol. The molecule has 0 spiro atoms. The minimum atomic E-state index is 0.0219. The van der Waals surface area contributed by atoms with Crippen LogP contribution in [0.15, 0.2) is 55.1 Å². The minimum absolute atomic E-state index is 0.0219. The summed E-state index contributed by atoms with van der Waals surface area (Å²) in [6.45, 7) is 6.78. The van der Waals surface area contributed by atoms with Crippen molar-refractivity contribution in [2.24, 2.45) is 0 Å². The lowest BCUT2D eigenvalue weighted by Crippen LogP contribution is -2.50. The maximum absolute atomic E-state index is 13.2. The van der Waals surface area contributed by atoms with Crippen LogP contribution < -0.4 is 15.1 Å². The first-order valence-corrected chi connectivity index (χ1v) is 13.0. The maximum Gasteiger partial charge on any atom is 0.242 e. The molecule has 0 bridgehead atoms. The monoisotopic (exact) mass is 507 g/mol. The number of imidazole rings is 1. The van der Waals surface area contributed by atoms with Crippen LogP contribution in [-0.4, -0.2) is 76.0 Å². The van der Waals surface area contributed by atoms with Crippen LogP contribution in [-0.2, 0) is 11.2 Å². The highest BCUT2D eigenvalue weighted by atomic mass is 16.2. The van der Waals surface area contributed by atoms with Gasteiger partial charge in [0, 0.05) is 69.1 Å². The number of fused-ring (bicyclic) bond motifs is 2. The normalized spacial score (nSPS) is 15.0. The second-order valence-corrected chi connectivity index (χ2v) is 9.49. The number of piperazine rings is 1. The molecule has 0 radical (unpaired) electrons. The minimum Gasteiger partial charge on any atom is -0.371 e. The molecule has 10 heteroatoms. The van der Waals surface area contributed by atoms with Gasteiger partial charge in [0.2, 0.25) is 5.91 Å². The van der Waals surface area contributed by atoms with Crippen molar-refractivity contribution in [1.82, 2.24) is 24.3 Å². The number of carbonyl (C=O) groups excluding carboxylic acids is 1. The lowest BCUT2D eigenvalue weighted by Gasteiger charge is -2.35. The van der Waals surface area contributed by atoms with E-state index in [4.69, 9.17) is 4.98 Å². The molecule has 4 aromatic rings. The number of hydrogen-bond acceptors (Lipinski definition) is 8. The number of benzene rings is 1. The molecule has 3 aromatic heterocycles. The molecule has 1 saturated heterocycles. The third-order valence-electron chi connectivity index (χ3n) is 7.40. The number of hydrogen-bond donors (Lipinski definition) is 1. The van der Waals surface area contributed by atoms with E-state index in [-0.39, 0.29) is 12.5 Å². The van der Waals surface area contributed by atoms with Gasteiger partial charge in [-0.3, -0.25) is 14.2 Å². The van der Waals surface area contributed by atoms with E-state index in [1.807, 2.05) is 15.5 Å². The fourth-order valence-corrected chi connectivity index (χ4v) is 5.40. The summed E-state index contributed by atoms with van der Waals surface area (Å²) in [7, 11) is 0. The van der Waals surface area contributed by atoms with E-state index in [2.05, 4.69) is 56.3 Å². The molecule has 1 amide bonds. The molecule has 2 aliphatic heterocycles.